The number of hydrogen-bond acceptors (Lipinski definition) is 2. The zero-order chi connectivity index (χ0) is 10.6. The molecule has 1 aliphatic rings. The van der Waals surface area contributed by atoms with Crippen molar-refractivity contribution in [3.63, 3.8) is 0 Å². The molecule has 2 atom stereocenters. The third-order valence-corrected chi connectivity index (χ3v) is 3.35. The lowest BCUT2D eigenvalue weighted by molar-refractivity contribution is -0.130. The molecule has 0 aliphatic carbocycles. The van der Waals surface area contributed by atoms with Gasteiger partial charge in [-0.05, 0) is 18.3 Å². The van der Waals surface area contributed by atoms with E-state index in [0.717, 1.165) is 25.9 Å². The highest BCUT2D eigenvalue weighted by molar-refractivity contribution is 5.83. The molecule has 14 heavy (non-hydrogen) atoms. The van der Waals surface area contributed by atoms with Gasteiger partial charge in [0, 0.05) is 13.0 Å². The molecule has 2 heteroatoms. The predicted molar refractivity (Wildman–Crippen MR) is 57.2 cm³/mol. The molecule has 82 valence electrons. The van der Waals surface area contributed by atoms with Crippen molar-refractivity contribution in [3.8, 4) is 0 Å². The lowest BCUT2D eigenvalue weighted by Gasteiger charge is -2.17. The maximum absolute atomic E-state index is 11.9. The van der Waals surface area contributed by atoms with Gasteiger partial charge in [-0.3, -0.25) is 4.79 Å². The van der Waals surface area contributed by atoms with Gasteiger partial charge in [-0.15, -0.1) is 0 Å². The summed E-state index contributed by atoms with van der Waals surface area (Å²) in [5, 5.41) is 0. The van der Waals surface area contributed by atoms with Crippen LogP contribution in [0.3, 0.4) is 0 Å². The van der Waals surface area contributed by atoms with Gasteiger partial charge in [0.2, 0.25) is 0 Å². The molecular formula is C12H22O2. The quantitative estimate of drug-likeness (QED) is 0.679. The summed E-state index contributed by atoms with van der Waals surface area (Å²) >= 11 is 0. The minimum Gasteiger partial charge on any atom is -0.370 e. The van der Waals surface area contributed by atoms with E-state index in [2.05, 4.69) is 20.8 Å². The molecule has 0 bridgehead atoms. The monoisotopic (exact) mass is 198 g/mol. The van der Waals surface area contributed by atoms with E-state index in [1.807, 2.05) is 0 Å². The van der Waals surface area contributed by atoms with Crippen LogP contribution >= 0.6 is 0 Å². The van der Waals surface area contributed by atoms with Crippen LogP contribution in [0.4, 0.5) is 0 Å². The van der Waals surface area contributed by atoms with Crippen molar-refractivity contribution in [2.24, 2.45) is 11.8 Å². The molecule has 1 heterocycles. The van der Waals surface area contributed by atoms with E-state index in [0.29, 0.717) is 24.0 Å². The number of carbonyl (C=O) groups is 1. The molecule has 0 N–H and O–H groups in total. The summed E-state index contributed by atoms with van der Waals surface area (Å²) in [5.74, 6) is 1.31. The van der Waals surface area contributed by atoms with Gasteiger partial charge in [-0.2, -0.15) is 0 Å². The van der Waals surface area contributed by atoms with Crippen LogP contribution < -0.4 is 0 Å². The Kier molecular flexibility index (Phi) is 4.59. The molecule has 0 spiro atoms. The molecule has 1 fully saturated rings. The number of hydrogen-bond donors (Lipinski definition) is 0. The van der Waals surface area contributed by atoms with Crippen molar-refractivity contribution in [2.45, 2.75) is 52.6 Å². The smallest absolute Gasteiger partial charge is 0.162 e. The van der Waals surface area contributed by atoms with Crippen molar-refractivity contribution in [2.75, 3.05) is 6.61 Å². The Morgan fingerprint density at radius 2 is 2.07 bits per heavy atom. The average molecular weight is 198 g/mol. The molecular weight excluding hydrogens is 176 g/mol. The number of ether oxygens (including phenoxy) is 1. The Hall–Kier alpha value is -0.370. The topological polar surface area (TPSA) is 26.3 Å². The molecule has 0 amide bonds. The lowest BCUT2D eigenvalue weighted by Crippen LogP contribution is -2.26. The second kappa shape index (κ2) is 5.50. The number of ketones is 1. The van der Waals surface area contributed by atoms with Crippen molar-refractivity contribution in [1.29, 1.82) is 0 Å². The third kappa shape index (κ3) is 2.81. The van der Waals surface area contributed by atoms with Crippen LogP contribution in [-0.2, 0) is 9.53 Å². The first-order chi connectivity index (χ1) is 6.69. The summed E-state index contributed by atoms with van der Waals surface area (Å²) < 4.78 is 5.47. The van der Waals surface area contributed by atoms with Gasteiger partial charge in [0.05, 0.1) is 0 Å². The Labute approximate surface area is 87.0 Å². The fourth-order valence-corrected chi connectivity index (χ4v) is 2.08. The van der Waals surface area contributed by atoms with Crippen LogP contribution in [0.1, 0.15) is 46.5 Å². The van der Waals surface area contributed by atoms with E-state index in [-0.39, 0.29) is 6.10 Å². The van der Waals surface area contributed by atoms with Crippen LogP contribution in [0.2, 0.25) is 0 Å². The second-order valence-corrected chi connectivity index (χ2v) is 4.41. The minimum atomic E-state index is -0.101. The van der Waals surface area contributed by atoms with Crippen LogP contribution in [0.5, 0.6) is 0 Å². The van der Waals surface area contributed by atoms with Crippen LogP contribution in [0, 0.1) is 11.8 Å². The number of carbonyl (C=O) groups excluding carboxylic acids is 1. The fourth-order valence-electron chi connectivity index (χ4n) is 2.08. The van der Waals surface area contributed by atoms with E-state index in [9.17, 15) is 4.79 Å². The fraction of sp³-hybridized carbons (Fsp3) is 0.917. The standard InChI is InChI=1S/C12H22O2/c1-4-10(5-2)8-11(13)12-9(3)6-7-14-12/h9-10,12H,4-8H2,1-3H3. The normalized spacial score (nSPS) is 27.1. The largest absolute Gasteiger partial charge is 0.370 e. The first-order valence-corrected chi connectivity index (χ1v) is 5.83. The van der Waals surface area contributed by atoms with Gasteiger partial charge < -0.3 is 4.74 Å². The average Bonchev–Trinajstić information content (AvgIpc) is 2.60. The zero-order valence-corrected chi connectivity index (χ0v) is 9.58. The molecule has 0 aromatic heterocycles. The molecule has 0 saturated carbocycles. The van der Waals surface area contributed by atoms with E-state index in [1.54, 1.807) is 0 Å². The van der Waals surface area contributed by atoms with Gasteiger partial charge in [0.1, 0.15) is 6.10 Å². The van der Waals surface area contributed by atoms with Crippen molar-refractivity contribution < 1.29 is 9.53 Å². The highest BCUT2D eigenvalue weighted by atomic mass is 16.5. The Morgan fingerprint density at radius 3 is 2.50 bits per heavy atom. The van der Waals surface area contributed by atoms with Gasteiger partial charge in [-0.1, -0.05) is 33.6 Å². The third-order valence-electron chi connectivity index (χ3n) is 3.35. The summed E-state index contributed by atoms with van der Waals surface area (Å²) in [4.78, 5) is 11.9. The van der Waals surface area contributed by atoms with Crippen molar-refractivity contribution in [3.05, 3.63) is 0 Å². The molecule has 1 rings (SSSR count). The molecule has 1 aliphatic heterocycles. The SMILES string of the molecule is CCC(CC)CC(=O)C1OCCC1C. The van der Waals surface area contributed by atoms with Crippen LogP contribution in [0.15, 0.2) is 0 Å². The van der Waals surface area contributed by atoms with Gasteiger partial charge in [0.25, 0.3) is 0 Å². The predicted octanol–water partition coefficient (Wildman–Crippen LogP) is 2.81. The molecule has 0 aromatic carbocycles. The van der Waals surface area contributed by atoms with Crippen LogP contribution in [0.25, 0.3) is 0 Å². The summed E-state index contributed by atoms with van der Waals surface area (Å²) in [7, 11) is 0. The zero-order valence-electron chi connectivity index (χ0n) is 9.58. The Morgan fingerprint density at radius 1 is 1.43 bits per heavy atom. The second-order valence-electron chi connectivity index (χ2n) is 4.41. The number of rotatable bonds is 5. The maximum atomic E-state index is 11.9. The van der Waals surface area contributed by atoms with Gasteiger partial charge in [-0.25, -0.2) is 0 Å². The lowest BCUT2D eigenvalue weighted by atomic mass is 9.91. The van der Waals surface area contributed by atoms with E-state index < -0.39 is 0 Å². The minimum absolute atomic E-state index is 0.101. The van der Waals surface area contributed by atoms with E-state index >= 15 is 0 Å². The number of Topliss-reactive ketones (excluding diaryl/α,β-unsaturated/α-hetero) is 1. The van der Waals surface area contributed by atoms with Crippen LogP contribution in [-0.4, -0.2) is 18.5 Å². The molecule has 2 nitrogen and oxygen atoms in total. The highest BCUT2D eigenvalue weighted by Crippen LogP contribution is 2.24. The summed E-state index contributed by atoms with van der Waals surface area (Å²) in [6.07, 6.45) is 3.85. The first-order valence-electron chi connectivity index (χ1n) is 5.83. The van der Waals surface area contributed by atoms with E-state index in [1.165, 1.54) is 0 Å². The van der Waals surface area contributed by atoms with Crippen molar-refractivity contribution in [1.82, 2.24) is 0 Å². The Bertz CT molecular complexity index is 185. The Balaban J connectivity index is 2.40. The summed E-state index contributed by atoms with van der Waals surface area (Å²) in [5.41, 5.74) is 0. The maximum Gasteiger partial charge on any atom is 0.162 e. The summed E-state index contributed by atoms with van der Waals surface area (Å²) in [6, 6.07) is 0. The highest BCUT2D eigenvalue weighted by Gasteiger charge is 2.31. The van der Waals surface area contributed by atoms with Gasteiger partial charge >= 0.3 is 0 Å². The van der Waals surface area contributed by atoms with E-state index in [4.69, 9.17) is 4.74 Å². The summed E-state index contributed by atoms with van der Waals surface area (Å²) in [6.45, 7) is 7.18. The van der Waals surface area contributed by atoms with Crippen molar-refractivity contribution >= 4 is 5.78 Å². The van der Waals surface area contributed by atoms with Gasteiger partial charge in [0.15, 0.2) is 5.78 Å². The first kappa shape index (κ1) is 11.7. The molecule has 0 aromatic rings. The molecule has 1 saturated heterocycles. The molecule has 0 radical (unpaired) electrons. The molecule has 2 unspecified atom stereocenters.